The first-order valence-corrected chi connectivity index (χ1v) is 8.50. The van der Waals surface area contributed by atoms with E-state index in [0.717, 1.165) is 23.4 Å². The van der Waals surface area contributed by atoms with Gasteiger partial charge in [-0.25, -0.2) is 0 Å². The molecule has 0 aliphatic rings. The van der Waals surface area contributed by atoms with Gasteiger partial charge in [-0.2, -0.15) is 0 Å². The highest BCUT2D eigenvalue weighted by molar-refractivity contribution is 6.31. The number of benzene rings is 1. The molecule has 0 radical (unpaired) electrons. The minimum absolute atomic E-state index is 0.265. The number of rotatable bonds is 11. The smallest absolute Gasteiger partial charge is 0.0462 e. The molecule has 1 aromatic carbocycles. The molecule has 1 rings (SSSR count). The fraction of sp³-hybridized carbons (Fsp3) is 0.667. The lowest BCUT2D eigenvalue weighted by molar-refractivity contribution is 0.214. The Kier molecular flexibility index (Phi) is 9.78. The number of unbranched alkanes of at least 4 members (excludes halogenated alkanes) is 6. The van der Waals surface area contributed by atoms with Gasteiger partial charge in [0.25, 0.3) is 0 Å². The van der Waals surface area contributed by atoms with E-state index in [9.17, 15) is 5.11 Å². The van der Waals surface area contributed by atoms with Crippen LogP contribution in [-0.2, 0) is 6.42 Å². The van der Waals surface area contributed by atoms with Crippen LogP contribution < -0.4 is 0 Å². The Morgan fingerprint density at radius 1 is 1.00 bits per heavy atom. The second kappa shape index (κ2) is 11.2. The van der Waals surface area contributed by atoms with E-state index in [4.69, 9.17) is 11.6 Å². The predicted molar refractivity (Wildman–Crippen MR) is 88.3 cm³/mol. The van der Waals surface area contributed by atoms with Gasteiger partial charge in [0.1, 0.15) is 0 Å². The third-order valence-electron chi connectivity index (χ3n) is 3.94. The third-order valence-corrected chi connectivity index (χ3v) is 4.31. The fourth-order valence-corrected chi connectivity index (χ4v) is 2.84. The van der Waals surface area contributed by atoms with Crippen LogP contribution in [0.25, 0.3) is 0 Å². The normalized spacial score (nSPS) is 12.6. The lowest BCUT2D eigenvalue weighted by Gasteiger charge is -2.15. The zero-order valence-electron chi connectivity index (χ0n) is 12.8. The molecule has 0 heterocycles. The topological polar surface area (TPSA) is 20.2 Å². The first-order valence-electron chi connectivity index (χ1n) is 8.12. The minimum atomic E-state index is 0.265. The summed E-state index contributed by atoms with van der Waals surface area (Å²) in [6, 6.07) is 7.97. The van der Waals surface area contributed by atoms with Gasteiger partial charge in [-0.1, -0.05) is 81.7 Å². The Hall–Kier alpha value is -0.530. The average Bonchev–Trinajstić information content (AvgIpc) is 2.47. The van der Waals surface area contributed by atoms with Crippen LogP contribution in [0, 0.1) is 5.92 Å². The van der Waals surface area contributed by atoms with E-state index in [0.29, 0.717) is 5.92 Å². The molecule has 20 heavy (non-hydrogen) atoms. The van der Waals surface area contributed by atoms with E-state index in [1.54, 1.807) is 0 Å². The van der Waals surface area contributed by atoms with Crippen molar-refractivity contribution in [1.29, 1.82) is 0 Å². The lowest BCUT2D eigenvalue weighted by Crippen LogP contribution is -2.10. The van der Waals surface area contributed by atoms with Crippen LogP contribution in [-0.4, -0.2) is 11.7 Å². The van der Waals surface area contributed by atoms with Gasteiger partial charge < -0.3 is 5.11 Å². The highest BCUT2D eigenvalue weighted by Crippen LogP contribution is 2.22. The maximum atomic E-state index is 9.51. The second-order valence-electron chi connectivity index (χ2n) is 5.75. The van der Waals surface area contributed by atoms with Crippen LogP contribution in [0.15, 0.2) is 24.3 Å². The van der Waals surface area contributed by atoms with Gasteiger partial charge in [-0.3, -0.25) is 0 Å². The molecule has 1 N–H and O–H groups in total. The molecule has 1 unspecified atom stereocenters. The standard InChI is InChI=1S/C18H29ClO/c1-2-3-4-5-6-7-8-11-16(15-20)14-17-12-9-10-13-18(17)19/h9-10,12-13,16,20H,2-8,11,14-15H2,1H3. The van der Waals surface area contributed by atoms with Crippen molar-refractivity contribution < 1.29 is 5.11 Å². The van der Waals surface area contributed by atoms with E-state index in [-0.39, 0.29) is 6.61 Å². The molecule has 1 aromatic rings. The van der Waals surface area contributed by atoms with E-state index < -0.39 is 0 Å². The van der Waals surface area contributed by atoms with E-state index in [2.05, 4.69) is 13.0 Å². The first-order chi connectivity index (χ1) is 9.77. The second-order valence-corrected chi connectivity index (χ2v) is 6.16. The van der Waals surface area contributed by atoms with Gasteiger partial charge in [-0.15, -0.1) is 0 Å². The Balaban J connectivity index is 2.18. The fourth-order valence-electron chi connectivity index (χ4n) is 2.62. The van der Waals surface area contributed by atoms with Crippen LogP contribution in [0.3, 0.4) is 0 Å². The highest BCUT2D eigenvalue weighted by Gasteiger charge is 2.10. The number of hydrogen-bond acceptors (Lipinski definition) is 1. The zero-order chi connectivity index (χ0) is 14.6. The predicted octanol–water partition coefficient (Wildman–Crippen LogP) is 5.63. The monoisotopic (exact) mass is 296 g/mol. The molecule has 1 nitrogen and oxygen atoms in total. The quantitative estimate of drug-likeness (QED) is 0.525. The lowest BCUT2D eigenvalue weighted by atomic mass is 9.94. The largest absolute Gasteiger partial charge is 0.396 e. The maximum absolute atomic E-state index is 9.51. The van der Waals surface area contributed by atoms with Gasteiger partial charge in [0.2, 0.25) is 0 Å². The molecule has 0 spiro atoms. The van der Waals surface area contributed by atoms with Gasteiger partial charge in [0.05, 0.1) is 0 Å². The van der Waals surface area contributed by atoms with Crippen molar-refractivity contribution in [2.24, 2.45) is 5.92 Å². The van der Waals surface area contributed by atoms with Gasteiger partial charge >= 0.3 is 0 Å². The van der Waals surface area contributed by atoms with Gasteiger partial charge in [0.15, 0.2) is 0 Å². The summed E-state index contributed by atoms with van der Waals surface area (Å²) in [5, 5.41) is 10.3. The summed E-state index contributed by atoms with van der Waals surface area (Å²) in [4.78, 5) is 0. The van der Waals surface area contributed by atoms with Crippen LogP contribution in [0.2, 0.25) is 5.02 Å². The van der Waals surface area contributed by atoms with Crippen LogP contribution in [0.5, 0.6) is 0 Å². The first kappa shape index (κ1) is 17.5. The molecule has 0 amide bonds. The Morgan fingerprint density at radius 3 is 2.30 bits per heavy atom. The van der Waals surface area contributed by atoms with Crippen LogP contribution >= 0.6 is 11.6 Å². The van der Waals surface area contributed by atoms with Crippen molar-refractivity contribution in [3.8, 4) is 0 Å². The van der Waals surface area contributed by atoms with E-state index in [1.165, 1.54) is 44.9 Å². The summed E-state index contributed by atoms with van der Waals surface area (Å²) < 4.78 is 0. The van der Waals surface area contributed by atoms with Crippen molar-refractivity contribution in [2.75, 3.05) is 6.61 Å². The Labute approximate surface area is 129 Å². The van der Waals surface area contributed by atoms with E-state index in [1.807, 2.05) is 18.2 Å². The molecule has 2 heteroatoms. The molecular weight excluding hydrogens is 268 g/mol. The average molecular weight is 297 g/mol. The molecule has 0 bridgehead atoms. The van der Waals surface area contributed by atoms with Crippen molar-refractivity contribution in [1.82, 2.24) is 0 Å². The molecule has 0 aliphatic heterocycles. The summed E-state index contributed by atoms with van der Waals surface area (Å²) in [5.74, 6) is 0.352. The molecular formula is C18H29ClO. The molecule has 114 valence electrons. The van der Waals surface area contributed by atoms with Crippen molar-refractivity contribution in [3.63, 3.8) is 0 Å². The summed E-state index contributed by atoms with van der Waals surface area (Å²) in [6.45, 7) is 2.52. The van der Waals surface area contributed by atoms with Crippen LogP contribution in [0.1, 0.15) is 63.9 Å². The van der Waals surface area contributed by atoms with Crippen molar-refractivity contribution in [3.05, 3.63) is 34.9 Å². The molecule has 0 aromatic heterocycles. The highest BCUT2D eigenvalue weighted by atomic mass is 35.5. The summed E-state index contributed by atoms with van der Waals surface area (Å²) in [6.07, 6.45) is 11.3. The Bertz CT molecular complexity index is 351. The summed E-state index contributed by atoms with van der Waals surface area (Å²) in [5.41, 5.74) is 1.16. The third kappa shape index (κ3) is 7.31. The van der Waals surface area contributed by atoms with Gasteiger partial charge in [0, 0.05) is 11.6 Å². The Morgan fingerprint density at radius 2 is 1.65 bits per heavy atom. The van der Waals surface area contributed by atoms with Gasteiger partial charge in [-0.05, 0) is 30.4 Å². The minimum Gasteiger partial charge on any atom is -0.396 e. The zero-order valence-corrected chi connectivity index (χ0v) is 13.5. The maximum Gasteiger partial charge on any atom is 0.0462 e. The molecule has 0 saturated heterocycles. The summed E-state index contributed by atoms with van der Waals surface area (Å²) in [7, 11) is 0. The summed E-state index contributed by atoms with van der Waals surface area (Å²) >= 11 is 6.18. The molecule has 1 atom stereocenters. The van der Waals surface area contributed by atoms with Crippen LogP contribution in [0.4, 0.5) is 0 Å². The van der Waals surface area contributed by atoms with Crippen molar-refractivity contribution in [2.45, 2.75) is 64.7 Å². The molecule has 0 fully saturated rings. The number of aliphatic hydroxyl groups is 1. The van der Waals surface area contributed by atoms with E-state index >= 15 is 0 Å². The number of hydrogen-bond donors (Lipinski definition) is 1. The number of aliphatic hydroxyl groups excluding tert-OH is 1. The molecule has 0 aliphatic carbocycles. The molecule has 0 saturated carbocycles. The SMILES string of the molecule is CCCCCCCCCC(CO)Cc1ccccc1Cl. The van der Waals surface area contributed by atoms with Crippen molar-refractivity contribution >= 4 is 11.6 Å². The number of halogens is 1.